The molecule has 0 aromatic heterocycles. The average molecular weight is 242 g/mol. The second-order valence-corrected chi connectivity index (χ2v) is 6.23. The zero-order chi connectivity index (χ0) is 12.9. The number of nitrogens with zero attached hydrogens (tertiary/aromatic N) is 1. The van der Waals surface area contributed by atoms with Gasteiger partial charge in [-0.25, -0.2) is 0 Å². The highest BCUT2D eigenvalue weighted by atomic mass is 16.3. The molecule has 0 amide bonds. The Morgan fingerprint density at radius 1 is 1.35 bits per heavy atom. The summed E-state index contributed by atoms with van der Waals surface area (Å²) in [5.74, 6) is 0.690. The van der Waals surface area contributed by atoms with Gasteiger partial charge in [0, 0.05) is 19.1 Å². The summed E-state index contributed by atoms with van der Waals surface area (Å²) >= 11 is 0. The van der Waals surface area contributed by atoms with E-state index in [0.29, 0.717) is 5.92 Å². The van der Waals surface area contributed by atoms with Crippen LogP contribution < -0.4 is 5.32 Å². The first-order chi connectivity index (χ1) is 8.00. The van der Waals surface area contributed by atoms with Crippen molar-refractivity contribution in [1.82, 2.24) is 10.2 Å². The summed E-state index contributed by atoms with van der Waals surface area (Å²) < 4.78 is 0. The third-order valence-corrected chi connectivity index (χ3v) is 3.95. The number of aliphatic hydroxyl groups excluding tert-OH is 1. The first kappa shape index (κ1) is 14.9. The Bertz CT molecular complexity index is 208. The minimum Gasteiger partial charge on any atom is -0.394 e. The van der Waals surface area contributed by atoms with E-state index in [1.807, 2.05) is 7.05 Å². The minimum atomic E-state index is -0.169. The summed E-state index contributed by atoms with van der Waals surface area (Å²) in [7, 11) is 1.94. The Labute approximate surface area is 107 Å². The molecule has 1 saturated carbocycles. The van der Waals surface area contributed by atoms with Crippen LogP contribution >= 0.6 is 0 Å². The van der Waals surface area contributed by atoms with E-state index in [2.05, 4.69) is 31.0 Å². The largest absolute Gasteiger partial charge is 0.394 e. The monoisotopic (exact) mass is 242 g/mol. The summed E-state index contributed by atoms with van der Waals surface area (Å²) in [6.45, 7) is 8.94. The number of hydrogen-bond donors (Lipinski definition) is 2. The van der Waals surface area contributed by atoms with Gasteiger partial charge < -0.3 is 10.4 Å². The molecule has 2 N–H and O–H groups in total. The van der Waals surface area contributed by atoms with Crippen LogP contribution in [0.1, 0.15) is 46.5 Å². The standard InChI is InChI=1S/C14H30N2O/c1-12(2)9-16(13-7-5-6-8-13)10-14(3,11-17)15-4/h12-13,15,17H,5-11H2,1-4H3. The Morgan fingerprint density at radius 2 is 1.94 bits per heavy atom. The molecule has 1 atom stereocenters. The Morgan fingerprint density at radius 3 is 2.35 bits per heavy atom. The Hall–Kier alpha value is -0.120. The first-order valence-electron chi connectivity index (χ1n) is 7.04. The molecule has 0 heterocycles. The van der Waals surface area contributed by atoms with Gasteiger partial charge >= 0.3 is 0 Å². The van der Waals surface area contributed by atoms with Gasteiger partial charge in [-0.1, -0.05) is 26.7 Å². The molecule has 1 aliphatic carbocycles. The zero-order valence-electron chi connectivity index (χ0n) is 12.0. The van der Waals surface area contributed by atoms with Crippen molar-refractivity contribution in [2.24, 2.45) is 5.92 Å². The molecule has 0 spiro atoms. The van der Waals surface area contributed by atoms with Crippen LogP contribution in [0.5, 0.6) is 0 Å². The number of rotatable bonds is 7. The van der Waals surface area contributed by atoms with E-state index >= 15 is 0 Å². The van der Waals surface area contributed by atoms with E-state index in [1.165, 1.54) is 25.7 Å². The van der Waals surface area contributed by atoms with Crippen molar-refractivity contribution in [2.45, 2.75) is 58.0 Å². The third-order valence-electron chi connectivity index (χ3n) is 3.95. The van der Waals surface area contributed by atoms with Gasteiger partial charge in [0.15, 0.2) is 0 Å². The highest BCUT2D eigenvalue weighted by Crippen LogP contribution is 2.25. The quantitative estimate of drug-likeness (QED) is 0.715. The summed E-state index contributed by atoms with van der Waals surface area (Å²) in [5, 5.41) is 12.8. The van der Waals surface area contributed by atoms with Gasteiger partial charge in [-0.15, -0.1) is 0 Å². The zero-order valence-corrected chi connectivity index (χ0v) is 12.0. The lowest BCUT2D eigenvalue weighted by Crippen LogP contribution is -2.55. The normalized spacial score (nSPS) is 21.4. The van der Waals surface area contributed by atoms with Crippen LogP contribution in [0.15, 0.2) is 0 Å². The van der Waals surface area contributed by atoms with Crippen molar-refractivity contribution in [3.63, 3.8) is 0 Å². The van der Waals surface area contributed by atoms with Crippen LogP contribution in [0.2, 0.25) is 0 Å². The molecular formula is C14H30N2O. The van der Waals surface area contributed by atoms with E-state index in [9.17, 15) is 5.11 Å². The molecule has 0 aliphatic heterocycles. The predicted molar refractivity (Wildman–Crippen MR) is 73.2 cm³/mol. The summed E-state index contributed by atoms with van der Waals surface area (Å²) in [5.41, 5.74) is -0.169. The second kappa shape index (κ2) is 6.72. The topological polar surface area (TPSA) is 35.5 Å². The van der Waals surface area contributed by atoms with E-state index in [4.69, 9.17) is 0 Å². The van der Waals surface area contributed by atoms with Crippen LogP contribution in [-0.4, -0.2) is 48.3 Å². The van der Waals surface area contributed by atoms with Crippen molar-refractivity contribution < 1.29 is 5.11 Å². The molecule has 0 saturated heterocycles. The molecule has 1 rings (SSSR count). The number of nitrogens with one attached hydrogen (secondary N) is 1. The van der Waals surface area contributed by atoms with Crippen molar-refractivity contribution in [1.29, 1.82) is 0 Å². The van der Waals surface area contributed by atoms with Crippen LogP contribution in [0.4, 0.5) is 0 Å². The molecule has 3 heteroatoms. The van der Waals surface area contributed by atoms with Crippen LogP contribution in [0, 0.1) is 5.92 Å². The van der Waals surface area contributed by atoms with Crippen LogP contribution in [-0.2, 0) is 0 Å². The van der Waals surface area contributed by atoms with Gasteiger partial charge in [0.1, 0.15) is 0 Å². The smallest absolute Gasteiger partial charge is 0.0623 e. The van der Waals surface area contributed by atoms with Crippen molar-refractivity contribution in [3.8, 4) is 0 Å². The van der Waals surface area contributed by atoms with Crippen molar-refractivity contribution in [3.05, 3.63) is 0 Å². The highest BCUT2D eigenvalue weighted by Gasteiger charge is 2.30. The van der Waals surface area contributed by atoms with Crippen LogP contribution in [0.25, 0.3) is 0 Å². The summed E-state index contributed by atoms with van der Waals surface area (Å²) in [4.78, 5) is 2.59. The molecule has 1 unspecified atom stereocenters. The van der Waals surface area contributed by atoms with E-state index in [1.54, 1.807) is 0 Å². The third kappa shape index (κ3) is 4.57. The lowest BCUT2D eigenvalue weighted by Gasteiger charge is -2.38. The summed E-state index contributed by atoms with van der Waals surface area (Å²) in [6, 6.07) is 0.733. The molecule has 1 aliphatic rings. The molecule has 0 aromatic carbocycles. The minimum absolute atomic E-state index is 0.169. The fourth-order valence-electron chi connectivity index (χ4n) is 2.74. The van der Waals surface area contributed by atoms with E-state index in [-0.39, 0.29) is 12.1 Å². The average Bonchev–Trinajstić information content (AvgIpc) is 2.81. The van der Waals surface area contributed by atoms with Gasteiger partial charge in [0.2, 0.25) is 0 Å². The fraction of sp³-hybridized carbons (Fsp3) is 1.00. The molecule has 17 heavy (non-hydrogen) atoms. The highest BCUT2D eigenvalue weighted by molar-refractivity contribution is 4.89. The number of likely N-dealkylation sites (N-methyl/N-ethyl adjacent to an activating group) is 1. The maximum atomic E-state index is 9.52. The molecular weight excluding hydrogens is 212 g/mol. The predicted octanol–water partition coefficient (Wildman–Crippen LogP) is 1.86. The molecule has 0 radical (unpaired) electrons. The molecule has 3 nitrogen and oxygen atoms in total. The maximum Gasteiger partial charge on any atom is 0.0623 e. The maximum absolute atomic E-state index is 9.52. The summed E-state index contributed by atoms with van der Waals surface area (Å²) in [6.07, 6.45) is 5.40. The van der Waals surface area contributed by atoms with Crippen molar-refractivity contribution in [2.75, 3.05) is 26.7 Å². The molecule has 0 aromatic rings. The SMILES string of the molecule is CNC(C)(CO)CN(CC(C)C)C1CCCC1. The van der Waals surface area contributed by atoms with E-state index in [0.717, 1.165) is 19.1 Å². The Balaban J connectivity index is 2.61. The number of aliphatic hydroxyl groups is 1. The van der Waals surface area contributed by atoms with Crippen LogP contribution in [0.3, 0.4) is 0 Å². The van der Waals surface area contributed by atoms with Gasteiger partial charge in [0.25, 0.3) is 0 Å². The van der Waals surface area contributed by atoms with Gasteiger partial charge in [0.05, 0.1) is 12.1 Å². The lowest BCUT2D eigenvalue weighted by atomic mass is 10.0. The first-order valence-corrected chi connectivity index (χ1v) is 7.04. The molecule has 102 valence electrons. The fourth-order valence-corrected chi connectivity index (χ4v) is 2.74. The van der Waals surface area contributed by atoms with E-state index < -0.39 is 0 Å². The Kier molecular flexibility index (Phi) is 5.90. The number of hydrogen-bond acceptors (Lipinski definition) is 3. The lowest BCUT2D eigenvalue weighted by molar-refractivity contribution is 0.0913. The van der Waals surface area contributed by atoms with Gasteiger partial charge in [-0.05, 0) is 32.7 Å². The van der Waals surface area contributed by atoms with Gasteiger partial charge in [-0.2, -0.15) is 0 Å². The molecule has 1 fully saturated rings. The van der Waals surface area contributed by atoms with Crippen molar-refractivity contribution >= 4 is 0 Å². The second-order valence-electron chi connectivity index (χ2n) is 6.23. The van der Waals surface area contributed by atoms with Gasteiger partial charge in [-0.3, -0.25) is 4.90 Å². The molecule has 0 bridgehead atoms.